The van der Waals surface area contributed by atoms with Crippen molar-refractivity contribution in [2.75, 3.05) is 62.3 Å². The highest BCUT2D eigenvalue weighted by Gasteiger charge is 2.22. The molecule has 0 amide bonds. The van der Waals surface area contributed by atoms with Gasteiger partial charge in [0.1, 0.15) is 17.5 Å². The smallest absolute Gasteiger partial charge is 0.139 e. The molecule has 7 heteroatoms. The number of hydrogen-bond donors (Lipinski definition) is 1. The molecule has 2 aliphatic rings. The van der Waals surface area contributed by atoms with E-state index in [1.54, 1.807) is 6.20 Å². The fourth-order valence-electron chi connectivity index (χ4n) is 3.61. The number of hydrogen-bond acceptors (Lipinski definition) is 5. The van der Waals surface area contributed by atoms with Crippen molar-refractivity contribution in [2.45, 2.75) is 6.42 Å². The summed E-state index contributed by atoms with van der Waals surface area (Å²) >= 11 is 0. The first-order valence-electron chi connectivity index (χ1n) is 8.80. The van der Waals surface area contributed by atoms with E-state index in [0.29, 0.717) is 42.9 Å². The largest absolute Gasteiger partial charge is 0.378 e. The van der Waals surface area contributed by atoms with Crippen LogP contribution in [0.15, 0.2) is 18.3 Å². The van der Waals surface area contributed by atoms with Gasteiger partial charge in [0.05, 0.1) is 30.5 Å². The highest BCUT2D eigenvalue weighted by Crippen LogP contribution is 2.35. The van der Waals surface area contributed by atoms with Crippen LogP contribution in [-0.4, -0.2) is 57.5 Å². The van der Waals surface area contributed by atoms with E-state index in [1.165, 1.54) is 6.07 Å². The highest BCUT2D eigenvalue weighted by atomic mass is 19.1. The van der Waals surface area contributed by atoms with E-state index in [-0.39, 0.29) is 0 Å². The number of anilines is 2. The lowest BCUT2D eigenvalue weighted by atomic mass is 10.1. The Kier molecular flexibility index (Phi) is 4.67. The van der Waals surface area contributed by atoms with E-state index in [1.807, 2.05) is 4.90 Å². The lowest BCUT2D eigenvalue weighted by molar-refractivity contribution is 0.122. The monoisotopic (exact) mass is 348 g/mol. The van der Waals surface area contributed by atoms with Gasteiger partial charge >= 0.3 is 0 Å². The molecule has 1 aromatic heterocycles. The second kappa shape index (κ2) is 7.09. The van der Waals surface area contributed by atoms with Crippen LogP contribution in [0.4, 0.5) is 20.3 Å². The SMILES string of the molecule is Fc1cc(F)c2c(N3CCOCC3)ncc(N3CCCNCC3)c2c1. The van der Waals surface area contributed by atoms with Gasteiger partial charge in [0.2, 0.25) is 0 Å². The first-order valence-corrected chi connectivity index (χ1v) is 8.80. The van der Waals surface area contributed by atoms with E-state index >= 15 is 0 Å². The molecule has 0 atom stereocenters. The summed E-state index contributed by atoms with van der Waals surface area (Å²) in [5, 5.41) is 4.34. The molecule has 0 bridgehead atoms. The van der Waals surface area contributed by atoms with Gasteiger partial charge in [-0.2, -0.15) is 0 Å². The number of halogens is 2. The Bertz CT molecular complexity index is 756. The second-order valence-electron chi connectivity index (χ2n) is 6.47. The Morgan fingerprint density at radius 1 is 1.00 bits per heavy atom. The Morgan fingerprint density at radius 2 is 1.84 bits per heavy atom. The summed E-state index contributed by atoms with van der Waals surface area (Å²) < 4.78 is 34.1. The summed E-state index contributed by atoms with van der Waals surface area (Å²) in [6.45, 7) is 5.94. The molecule has 134 valence electrons. The minimum Gasteiger partial charge on any atom is -0.378 e. The number of pyridine rings is 1. The zero-order valence-corrected chi connectivity index (χ0v) is 14.1. The van der Waals surface area contributed by atoms with Gasteiger partial charge in [-0.05, 0) is 19.0 Å². The van der Waals surface area contributed by atoms with Crippen molar-refractivity contribution in [2.24, 2.45) is 0 Å². The number of aromatic nitrogens is 1. The Labute approximate surface area is 145 Å². The van der Waals surface area contributed by atoms with Crippen molar-refractivity contribution in [1.29, 1.82) is 0 Å². The van der Waals surface area contributed by atoms with Gasteiger partial charge < -0.3 is 19.9 Å². The van der Waals surface area contributed by atoms with Crippen LogP contribution in [0.2, 0.25) is 0 Å². The van der Waals surface area contributed by atoms with Crippen LogP contribution in [0.1, 0.15) is 6.42 Å². The first-order chi connectivity index (χ1) is 12.2. The van der Waals surface area contributed by atoms with Crippen LogP contribution in [0.25, 0.3) is 10.8 Å². The van der Waals surface area contributed by atoms with E-state index in [4.69, 9.17) is 4.74 Å². The van der Waals surface area contributed by atoms with Crippen LogP contribution in [0.5, 0.6) is 0 Å². The molecule has 2 aromatic rings. The number of morpholine rings is 1. The minimum atomic E-state index is -0.557. The molecule has 3 heterocycles. The molecule has 2 saturated heterocycles. The summed E-state index contributed by atoms with van der Waals surface area (Å²) in [4.78, 5) is 8.75. The fourth-order valence-corrected chi connectivity index (χ4v) is 3.61. The fraction of sp³-hybridized carbons (Fsp3) is 0.500. The molecule has 2 fully saturated rings. The summed E-state index contributed by atoms with van der Waals surface area (Å²) in [5.74, 6) is -0.537. The van der Waals surface area contributed by atoms with Crippen LogP contribution in [0, 0.1) is 11.6 Å². The van der Waals surface area contributed by atoms with E-state index in [2.05, 4.69) is 15.2 Å². The Hall–Kier alpha value is -1.99. The van der Waals surface area contributed by atoms with Crippen molar-refractivity contribution in [3.05, 3.63) is 30.0 Å². The number of nitrogens with one attached hydrogen (secondary N) is 1. The number of benzene rings is 1. The number of ether oxygens (including phenoxy) is 1. The predicted octanol–water partition coefficient (Wildman–Crippen LogP) is 2.15. The first kappa shape index (κ1) is 16.5. The van der Waals surface area contributed by atoms with Crippen LogP contribution >= 0.6 is 0 Å². The van der Waals surface area contributed by atoms with Crippen molar-refractivity contribution < 1.29 is 13.5 Å². The van der Waals surface area contributed by atoms with Crippen molar-refractivity contribution >= 4 is 22.3 Å². The molecule has 1 N–H and O–H groups in total. The molecular weight excluding hydrogens is 326 g/mol. The molecule has 2 aliphatic heterocycles. The maximum atomic E-state index is 14.7. The Balaban J connectivity index is 1.84. The normalized spacial score (nSPS) is 19.3. The quantitative estimate of drug-likeness (QED) is 0.901. The number of rotatable bonds is 2. The van der Waals surface area contributed by atoms with Crippen molar-refractivity contribution in [3.63, 3.8) is 0 Å². The standard InChI is InChI=1S/C18H22F2N4O/c19-13-10-14-16(23-4-1-2-21-3-5-23)12-22-18(17(14)15(20)11-13)24-6-8-25-9-7-24/h10-12,21H,1-9H2. The minimum absolute atomic E-state index is 0.401. The average molecular weight is 348 g/mol. The summed E-state index contributed by atoms with van der Waals surface area (Å²) in [6.07, 6.45) is 2.75. The molecule has 25 heavy (non-hydrogen) atoms. The third-order valence-corrected chi connectivity index (χ3v) is 4.86. The van der Waals surface area contributed by atoms with Gasteiger partial charge in [-0.25, -0.2) is 13.8 Å². The van der Waals surface area contributed by atoms with Gasteiger partial charge in [-0.3, -0.25) is 0 Å². The molecular formula is C18H22F2N4O. The third-order valence-electron chi connectivity index (χ3n) is 4.86. The molecule has 1 aromatic carbocycles. The zero-order chi connectivity index (χ0) is 17.2. The van der Waals surface area contributed by atoms with Gasteiger partial charge in [-0.15, -0.1) is 0 Å². The summed E-state index contributed by atoms with van der Waals surface area (Å²) in [5.41, 5.74) is 0.800. The summed E-state index contributed by atoms with van der Waals surface area (Å²) in [7, 11) is 0. The van der Waals surface area contributed by atoms with Crippen molar-refractivity contribution in [3.8, 4) is 0 Å². The van der Waals surface area contributed by atoms with Crippen molar-refractivity contribution in [1.82, 2.24) is 10.3 Å². The maximum absolute atomic E-state index is 14.7. The molecule has 5 nitrogen and oxygen atoms in total. The second-order valence-corrected chi connectivity index (χ2v) is 6.47. The van der Waals surface area contributed by atoms with Gasteiger partial charge in [0.15, 0.2) is 0 Å². The van der Waals surface area contributed by atoms with E-state index in [9.17, 15) is 8.78 Å². The van der Waals surface area contributed by atoms with Crippen LogP contribution < -0.4 is 15.1 Å². The predicted molar refractivity (Wildman–Crippen MR) is 94.4 cm³/mol. The summed E-state index contributed by atoms with van der Waals surface area (Å²) in [6, 6.07) is 2.37. The average Bonchev–Trinajstić information content (AvgIpc) is 2.90. The molecule has 4 rings (SSSR count). The van der Waals surface area contributed by atoms with Crippen LogP contribution in [0.3, 0.4) is 0 Å². The lowest BCUT2D eigenvalue weighted by Gasteiger charge is -2.30. The topological polar surface area (TPSA) is 40.6 Å². The number of nitrogens with zero attached hydrogens (tertiary/aromatic N) is 3. The molecule has 0 saturated carbocycles. The zero-order valence-electron chi connectivity index (χ0n) is 14.1. The van der Waals surface area contributed by atoms with E-state index < -0.39 is 11.6 Å². The van der Waals surface area contributed by atoms with E-state index in [0.717, 1.165) is 44.4 Å². The molecule has 0 unspecified atom stereocenters. The van der Waals surface area contributed by atoms with Crippen LogP contribution in [-0.2, 0) is 4.74 Å². The Morgan fingerprint density at radius 3 is 2.68 bits per heavy atom. The van der Waals surface area contributed by atoms with Gasteiger partial charge in [0.25, 0.3) is 0 Å². The maximum Gasteiger partial charge on any atom is 0.139 e. The highest BCUT2D eigenvalue weighted by molar-refractivity contribution is 6.01. The van der Waals surface area contributed by atoms with Gasteiger partial charge in [-0.1, -0.05) is 0 Å². The molecule has 0 radical (unpaired) electrons. The molecule has 0 spiro atoms. The van der Waals surface area contributed by atoms with Gasteiger partial charge in [0, 0.05) is 44.2 Å². The number of fused-ring (bicyclic) bond motifs is 1. The third kappa shape index (κ3) is 3.26. The molecule has 0 aliphatic carbocycles. The lowest BCUT2D eigenvalue weighted by Crippen LogP contribution is -2.37.